The summed E-state index contributed by atoms with van der Waals surface area (Å²) in [6, 6.07) is 5.31. The Morgan fingerprint density at radius 1 is 1.17 bits per heavy atom. The number of amides is 1. The number of rotatable bonds is 4. The van der Waals surface area contributed by atoms with Gasteiger partial charge < -0.3 is 15.2 Å². The van der Waals surface area contributed by atoms with E-state index in [4.69, 9.17) is 11.6 Å². The van der Waals surface area contributed by atoms with E-state index in [9.17, 15) is 9.18 Å². The molecular formula is C22H28ClFN4O. The molecule has 4 aliphatic rings. The first kappa shape index (κ1) is 19.3. The molecule has 0 aromatic heterocycles. The largest absolute Gasteiger partial charge is 0.337 e. The Hall–Kier alpha value is -1.66. The van der Waals surface area contributed by atoms with Crippen LogP contribution in [-0.4, -0.2) is 60.2 Å². The molecule has 3 fully saturated rings. The normalized spacial score (nSPS) is 28.1. The van der Waals surface area contributed by atoms with Crippen molar-refractivity contribution in [2.24, 2.45) is 16.9 Å². The zero-order valence-corrected chi connectivity index (χ0v) is 17.4. The van der Waals surface area contributed by atoms with E-state index < -0.39 is 0 Å². The molecule has 2 atom stereocenters. The van der Waals surface area contributed by atoms with Crippen LogP contribution in [0.3, 0.4) is 0 Å². The van der Waals surface area contributed by atoms with E-state index in [1.165, 1.54) is 25.5 Å². The van der Waals surface area contributed by atoms with Gasteiger partial charge in [-0.1, -0.05) is 23.7 Å². The number of hydrogen-bond acceptors (Lipinski definition) is 4. The topological polar surface area (TPSA) is 47.9 Å². The number of carbonyl (C=O) groups excluding carboxylic acids is 1. The molecule has 1 aliphatic carbocycles. The van der Waals surface area contributed by atoms with E-state index in [1.54, 1.807) is 6.07 Å². The third-order valence-corrected chi connectivity index (χ3v) is 7.43. The minimum atomic E-state index is -0.367. The maximum atomic E-state index is 13.8. The van der Waals surface area contributed by atoms with Crippen molar-refractivity contribution in [3.05, 3.63) is 34.6 Å². The van der Waals surface area contributed by atoms with Crippen LogP contribution >= 0.6 is 11.6 Å². The standard InChI is InChI=1S/C22H28ClFN4O/c23-20-16(2-1-3-18(20)24)15-6-10-28(11-7-15)22(29)21-17-13-27(12-14-4-5-14)9-8-19(17)25-26-21/h1-3,14-15,17,19,25H,4-13H2. The fourth-order valence-corrected chi connectivity index (χ4v) is 5.40. The Morgan fingerprint density at radius 3 is 2.72 bits per heavy atom. The predicted octanol–water partition coefficient (Wildman–Crippen LogP) is 3.24. The van der Waals surface area contributed by atoms with Crippen LogP contribution in [0.2, 0.25) is 5.02 Å². The Labute approximate surface area is 176 Å². The lowest BCUT2D eigenvalue weighted by Gasteiger charge is -2.36. The zero-order valence-electron chi connectivity index (χ0n) is 16.6. The molecule has 7 heteroatoms. The third-order valence-electron chi connectivity index (χ3n) is 7.03. The second-order valence-corrected chi connectivity index (χ2v) is 9.42. The summed E-state index contributed by atoms with van der Waals surface area (Å²) in [6.45, 7) is 4.54. The minimum absolute atomic E-state index is 0.0714. The van der Waals surface area contributed by atoms with E-state index in [2.05, 4.69) is 15.4 Å². The first-order chi connectivity index (χ1) is 14.1. The highest BCUT2D eigenvalue weighted by atomic mass is 35.5. The summed E-state index contributed by atoms with van der Waals surface area (Å²) in [4.78, 5) is 17.7. The average Bonchev–Trinajstić information content (AvgIpc) is 3.45. The van der Waals surface area contributed by atoms with Crippen LogP contribution in [0.25, 0.3) is 0 Å². The lowest BCUT2D eigenvalue weighted by Crippen LogP contribution is -2.51. The number of nitrogens with zero attached hydrogens (tertiary/aromatic N) is 3. The summed E-state index contributed by atoms with van der Waals surface area (Å²) in [5.74, 6) is 0.966. The van der Waals surface area contributed by atoms with Crippen LogP contribution < -0.4 is 5.43 Å². The average molecular weight is 419 g/mol. The molecule has 2 unspecified atom stereocenters. The number of fused-ring (bicyclic) bond motifs is 1. The molecular weight excluding hydrogens is 391 g/mol. The summed E-state index contributed by atoms with van der Waals surface area (Å²) >= 11 is 6.17. The van der Waals surface area contributed by atoms with E-state index >= 15 is 0 Å². The molecule has 29 heavy (non-hydrogen) atoms. The fraction of sp³-hybridized carbons (Fsp3) is 0.636. The molecule has 1 saturated carbocycles. The van der Waals surface area contributed by atoms with Crippen LogP contribution in [0.4, 0.5) is 4.39 Å². The van der Waals surface area contributed by atoms with Crippen molar-refractivity contribution in [1.29, 1.82) is 0 Å². The van der Waals surface area contributed by atoms with Gasteiger partial charge in [-0.05, 0) is 55.6 Å². The first-order valence-electron chi connectivity index (χ1n) is 10.9. The van der Waals surface area contributed by atoms with Gasteiger partial charge >= 0.3 is 0 Å². The summed E-state index contributed by atoms with van der Waals surface area (Å²) in [5.41, 5.74) is 4.79. The number of hydrazone groups is 1. The van der Waals surface area contributed by atoms with Gasteiger partial charge in [0.1, 0.15) is 11.5 Å². The number of carbonyl (C=O) groups is 1. The molecule has 1 N–H and O–H groups in total. The van der Waals surface area contributed by atoms with Crippen molar-refractivity contribution < 1.29 is 9.18 Å². The van der Waals surface area contributed by atoms with Crippen LogP contribution in [0.15, 0.2) is 23.3 Å². The number of piperidine rings is 2. The smallest absolute Gasteiger partial charge is 0.270 e. The first-order valence-corrected chi connectivity index (χ1v) is 11.3. The molecule has 3 aliphatic heterocycles. The number of halogens is 2. The molecule has 5 nitrogen and oxygen atoms in total. The molecule has 1 amide bonds. The van der Waals surface area contributed by atoms with Crippen molar-refractivity contribution in [3.8, 4) is 0 Å². The highest BCUT2D eigenvalue weighted by Gasteiger charge is 2.42. The van der Waals surface area contributed by atoms with Gasteiger partial charge in [0, 0.05) is 38.6 Å². The Balaban J connectivity index is 1.21. The quantitative estimate of drug-likeness (QED) is 0.816. The predicted molar refractivity (Wildman–Crippen MR) is 112 cm³/mol. The lowest BCUT2D eigenvalue weighted by molar-refractivity contribution is -0.125. The van der Waals surface area contributed by atoms with E-state index in [-0.39, 0.29) is 28.6 Å². The summed E-state index contributed by atoms with van der Waals surface area (Å²) in [6.07, 6.45) is 5.37. The molecule has 3 heterocycles. The SMILES string of the molecule is O=C(C1=NNC2CCN(CC3CC3)CC12)N1CCC(c2cccc(F)c2Cl)CC1. The Bertz CT molecular complexity index is 819. The number of hydrogen-bond donors (Lipinski definition) is 1. The van der Waals surface area contributed by atoms with Gasteiger partial charge in [0.15, 0.2) is 0 Å². The van der Waals surface area contributed by atoms with Crippen LogP contribution in [-0.2, 0) is 4.79 Å². The summed E-state index contributed by atoms with van der Waals surface area (Å²) in [7, 11) is 0. The Kier molecular flexibility index (Phi) is 5.25. The van der Waals surface area contributed by atoms with Gasteiger partial charge in [-0.3, -0.25) is 4.79 Å². The van der Waals surface area contributed by atoms with Gasteiger partial charge in [0.2, 0.25) is 0 Å². The number of nitrogens with one attached hydrogen (secondary N) is 1. The van der Waals surface area contributed by atoms with Crippen LogP contribution in [0.5, 0.6) is 0 Å². The molecule has 5 rings (SSSR count). The van der Waals surface area contributed by atoms with Gasteiger partial charge in [0.05, 0.1) is 11.1 Å². The maximum absolute atomic E-state index is 13.8. The van der Waals surface area contributed by atoms with E-state index in [1.807, 2.05) is 11.0 Å². The van der Waals surface area contributed by atoms with Crippen molar-refractivity contribution in [2.75, 3.05) is 32.7 Å². The molecule has 1 aromatic carbocycles. The summed E-state index contributed by atoms with van der Waals surface area (Å²) < 4.78 is 13.8. The van der Waals surface area contributed by atoms with E-state index in [0.717, 1.165) is 43.8 Å². The molecule has 2 saturated heterocycles. The van der Waals surface area contributed by atoms with E-state index in [0.29, 0.717) is 24.8 Å². The Morgan fingerprint density at radius 2 is 1.97 bits per heavy atom. The fourth-order valence-electron chi connectivity index (χ4n) is 5.12. The maximum Gasteiger partial charge on any atom is 0.270 e. The lowest BCUT2D eigenvalue weighted by atomic mass is 9.87. The molecule has 156 valence electrons. The second kappa shape index (κ2) is 7.88. The molecule has 0 radical (unpaired) electrons. The second-order valence-electron chi connectivity index (χ2n) is 9.04. The highest BCUT2D eigenvalue weighted by Crippen LogP contribution is 2.35. The van der Waals surface area contributed by atoms with Crippen molar-refractivity contribution in [3.63, 3.8) is 0 Å². The summed E-state index contributed by atoms with van der Waals surface area (Å²) in [5, 5.41) is 4.69. The molecule has 0 spiro atoms. The number of benzene rings is 1. The molecule has 0 bridgehead atoms. The van der Waals surface area contributed by atoms with Crippen molar-refractivity contribution >= 4 is 23.2 Å². The van der Waals surface area contributed by atoms with Crippen molar-refractivity contribution in [2.45, 2.75) is 44.1 Å². The van der Waals surface area contributed by atoms with Gasteiger partial charge in [-0.25, -0.2) is 4.39 Å². The highest BCUT2D eigenvalue weighted by molar-refractivity contribution is 6.40. The third kappa shape index (κ3) is 3.89. The molecule has 1 aromatic rings. The van der Waals surface area contributed by atoms with Crippen LogP contribution in [0.1, 0.15) is 43.6 Å². The number of likely N-dealkylation sites (tertiary alicyclic amines) is 2. The van der Waals surface area contributed by atoms with Crippen LogP contribution in [0, 0.1) is 17.7 Å². The minimum Gasteiger partial charge on any atom is -0.337 e. The van der Waals surface area contributed by atoms with Gasteiger partial charge in [-0.2, -0.15) is 5.10 Å². The zero-order chi connectivity index (χ0) is 20.0. The van der Waals surface area contributed by atoms with Crippen molar-refractivity contribution in [1.82, 2.24) is 15.2 Å². The monoisotopic (exact) mass is 418 g/mol. The van der Waals surface area contributed by atoms with Gasteiger partial charge in [0.25, 0.3) is 5.91 Å². The van der Waals surface area contributed by atoms with Gasteiger partial charge in [-0.15, -0.1) is 0 Å².